The summed E-state index contributed by atoms with van der Waals surface area (Å²) in [5.41, 5.74) is -0.238. The zero-order valence-electron chi connectivity index (χ0n) is 10.9. The van der Waals surface area contributed by atoms with Crippen LogP contribution in [0.3, 0.4) is 0 Å². The molecule has 2 aromatic rings. The van der Waals surface area contributed by atoms with Crippen LogP contribution in [0.5, 0.6) is 0 Å². The maximum Gasteiger partial charge on any atom is 0.338 e. The highest BCUT2D eigenvalue weighted by Crippen LogP contribution is 2.20. The number of nitrogens with zero attached hydrogens (tertiary/aromatic N) is 1. The zero-order chi connectivity index (χ0) is 15.6. The van der Waals surface area contributed by atoms with Gasteiger partial charge in [-0.15, -0.1) is 0 Å². The Labute approximate surface area is 118 Å². The molecule has 1 aromatic carbocycles. The van der Waals surface area contributed by atoms with Crippen molar-refractivity contribution in [2.45, 2.75) is 6.92 Å². The molecular formula is C14H10F2N2O3. The minimum atomic E-state index is -1.56. The first kappa shape index (κ1) is 14.6. The monoisotopic (exact) mass is 292 g/mol. The van der Waals surface area contributed by atoms with Gasteiger partial charge in [0.05, 0.1) is 16.8 Å². The van der Waals surface area contributed by atoms with E-state index in [1.54, 1.807) is 6.92 Å². The normalized spacial score (nSPS) is 10.2. The molecule has 5 nitrogen and oxygen atoms in total. The number of pyridine rings is 1. The molecule has 0 bridgehead atoms. The molecule has 0 fully saturated rings. The summed E-state index contributed by atoms with van der Waals surface area (Å²) in [6.07, 6.45) is 2.82. The van der Waals surface area contributed by atoms with Crippen LogP contribution in [-0.4, -0.2) is 22.0 Å². The summed E-state index contributed by atoms with van der Waals surface area (Å²) < 4.78 is 26.8. The number of hydrogen-bond acceptors (Lipinski definition) is 3. The highest BCUT2D eigenvalue weighted by molar-refractivity contribution is 6.04. The number of aromatic carboxylic acids is 1. The van der Waals surface area contributed by atoms with Gasteiger partial charge in [-0.05, 0) is 24.6 Å². The van der Waals surface area contributed by atoms with Gasteiger partial charge in [-0.3, -0.25) is 9.78 Å². The third-order valence-electron chi connectivity index (χ3n) is 2.67. The number of carbonyl (C=O) groups is 2. The van der Waals surface area contributed by atoms with Gasteiger partial charge in [-0.2, -0.15) is 0 Å². The van der Waals surface area contributed by atoms with Crippen molar-refractivity contribution in [2.75, 3.05) is 5.32 Å². The average Bonchev–Trinajstić information content (AvgIpc) is 2.41. The number of benzene rings is 1. The molecule has 0 saturated carbocycles. The van der Waals surface area contributed by atoms with Crippen LogP contribution >= 0.6 is 0 Å². The molecule has 0 radical (unpaired) electrons. The molecule has 0 aliphatic heterocycles. The summed E-state index contributed by atoms with van der Waals surface area (Å²) in [5.74, 6) is -4.50. The van der Waals surface area contributed by atoms with E-state index in [1.165, 1.54) is 18.5 Å². The predicted molar refractivity (Wildman–Crippen MR) is 70.2 cm³/mol. The quantitative estimate of drug-likeness (QED) is 0.911. The number of carboxylic acid groups (broad SMARTS) is 1. The fourth-order valence-corrected chi connectivity index (χ4v) is 1.68. The molecular weight excluding hydrogens is 282 g/mol. The molecule has 1 heterocycles. The maximum absolute atomic E-state index is 13.6. The van der Waals surface area contributed by atoms with E-state index in [0.717, 1.165) is 11.6 Å². The number of amides is 1. The second kappa shape index (κ2) is 5.66. The van der Waals surface area contributed by atoms with Crippen molar-refractivity contribution >= 4 is 17.6 Å². The minimum absolute atomic E-state index is 0.176. The number of halogens is 2. The van der Waals surface area contributed by atoms with E-state index in [-0.39, 0.29) is 5.56 Å². The molecule has 0 spiro atoms. The van der Waals surface area contributed by atoms with Crippen LogP contribution in [0, 0.1) is 18.6 Å². The Morgan fingerprint density at radius 1 is 1.14 bits per heavy atom. The lowest BCUT2D eigenvalue weighted by Crippen LogP contribution is -2.15. The number of nitrogens with one attached hydrogen (secondary N) is 1. The van der Waals surface area contributed by atoms with Crippen LogP contribution in [0.2, 0.25) is 0 Å². The lowest BCUT2D eigenvalue weighted by molar-refractivity contribution is 0.0691. The van der Waals surface area contributed by atoms with Crippen molar-refractivity contribution in [3.05, 3.63) is 58.9 Å². The maximum atomic E-state index is 13.6. The van der Waals surface area contributed by atoms with E-state index < -0.39 is 34.8 Å². The van der Waals surface area contributed by atoms with E-state index >= 15 is 0 Å². The van der Waals surface area contributed by atoms with Crippen LogP contribution in [0.4, 0.5) is 14.5 Å². The molecule has 1 amide bonds. The van der Waals surface area contributed by atoms with Gasteiger partial charge in [0, 0.05) is 18.5 Å². The van der Waals surface area contributed by atoms with E-state index in [0.29, 0.717) is 6.07 Å². The van der Waals surface area contributed by atoms with Crippen molar-refractivity contribution in [1.82, 2.24) is 4.98 Å². The Bertz CT molecular complexity index is 732. The summed E-state index contributed by atoms with van der Waals surface area (Å²) >= 11 is 0. The molecule has 108 valence electrons. The van der Waals surface area contributed by atoms with Crippen LogP contribution in [0.1, 0.15) is 26.3 Å². The van der Waals surface area contributed by atoms with Crippen molar-refractivity contribution in [2.24, 2.45) is 0 Å². The highest BCUT2D eigenvalue weighted by Gasteiger charge is 2.17. The summed E-state index contributed by atoms with van der Waals surface area (Å²) in [7, 11) is 0. The molecule has 1 aromatic heterocycles. The predicted octanol–water partition coefficient (Wildman–Crippen LogP) is 2.62. The number of hydrogen-bond donors (Lipinski definition) is 2. The fraction of sp³-hybridized carbons (Fsp3) is 0.0714. The average molecular weight is 292 g/mol. The van der Waals surface area contributed by atoms with E-state index in [1.807, 2.05) is 0 Å². The summed E-state index contributed by atoms with van der Waals surface area (Å²) in [5, 5.41) is 11.0. The Kier molecular flexibility index (Phi) is 3.93. The Morgan fingerprint density at radius 3 is 2.48 bits per heavy atom. The molecule has 21 heavy (non-hydrogen) atoms. The molecule has 0 aliphatic carbocycles. The van der Waals surface area contributed by atoms with Crippen LogP contribution < -0.4 is 5.32 Å². The first-order chi connectivity index (χ1) is 9.88. The lowest BCUT2D eigenvalue weighted by Gasteiger charge is -2.08. The second-order valence-electron chi connectivity index (χ2n) is 4.32. The van der Waals surface area contributed by atoms with Crippen LogP contribution in [0.25, 0.3) is 0 Å². The zero-order valence-corrected chi connectivity index (χ0v) is 10.9. The molecule has 0 atom stereocenters. The SMILES string of the molecule is Cc1cncc(C(=O)Nc2cc(C(=O)O)c(F)cc2F)c1. The molecule has 7 heteroatoms. The standard InChI is InChI=1S/C14H10F2N2O3/c1-7-2-8(6-17-5-7)13(19)18-12-3-9(14(20)21)10(15)4-11(12)16/h2-6H,1H3,(H,18,19)(H,20,21). The van der Waals surface area contributed by atoms with E-state index in [9.17, 15) is 18.4 Å². The Balaban J connectivity index is 2.33. The number of carbonyl (C=O) groups excluding carboxylic acids is 1. The minimum Gasteiger partial charge on any atom is -0.478 e. The van der Waals surface area contributed by atoms with Crippen molar-refractivity contribution < 1.29 is 23.5 Å². The van der Waals surface area contributed by atoms with Crippen LogP contribution in [0.15, 0.2) is 30.6 Å². The topological polar surface area (TPSA) is 79.3 Å². The molecule has 0 aliphatic rings. The fourth-order valence-electron chi connectivity index (χ4n) is 1.68. The van der Waals surface area contributed by atoms with Crippen molar-refractivity contribution in [3.8, 4) is 0 Å². The molecule has 0 saturated heterocycles. The number of aromatic nitrogens is 1. The van der Waals surface area contributed by atoms with Gasteiger partial charge < -0.3 is 10.4 Å². The molecule has 2 N–H and O–H groups in total. The largest absolute Gasteiger partial charge is 0.478 e. The smallest absolute Gasteiger partial charge is 0.338 e. The number of anilines is 1. The molecule has 0 unspecified atom stereocenters. The van der Waals surface area contributed by atoms with Gasteiger partial charge in [0.15, 0.2) is 0 Å². The number of aryl methyl sites for hydroxylation is 1. The summed E-state index contributed by atoms with van der Waals surface area (Å²) in [6, 6.07) is 2.67. The van der Waals surface area contributed by atoms with Gasteiger partial charge in [0.25, 0.3) is 5.91 Å². The summed E-state index contributed by atoms with van der Waals surface area (Å²) in [6.45, 7) is 1.73. The first-order valence-electron chi connectivity index (χ1n) is 5.84. The van der Waals surface area contributed by atoms with Gasteiger partial charge in [-0.25, -0.2) is 13.6 Å². The number of rotatable bonds is 3. The first-order valence-corrected chi connectivity index (χ1v) is 5.84. The summed E-state index contributed by atoms with van der Waals surface area (Å²) in [4.78, 5) is 26.5. The van der Waals surface area contributed by atoms with Crippen LogP contribution in [-0.2, 0) is 0 Å². The van der Waals surface area contributed by atoms with Crippen molar-refractivity contribution in [3.63, 3.8) is 0 Å². The van der Waals surface area contributed by atoms with Crippen molar-refractivity contribution in [1.29, 1.82) is 0 Å². The number of carboxylic acids is 1. The molecule has 2 rings (SSSR count). The lowest BCUT2D eigenvalue weighted by atomic mass is 10.1. The van der Waals surface area contributed by atoms with Gasteiger partial charge in [-0.1, -0.05) is 0 Å². The van der Waals surface area contributed by atoms with E-state index in [2.05, 4.69) is 10.3 Å². The third-order valence-corrected chi connectivity index (χ3v) is 2.67. The third kappa shape index (κ3) is 3.19. The van der Waals surface area contributed by atoms with Gasteiger partial charge in [0.1, 0.15) is 11.6 Å². The second-order valence-corrected chi connectivity index (χ2v) is 4.32. The van der Waals surface area contributed by atoms with E-state index in [4.69, 9.17) is 5.11 Å². The Morgan fingerprint density at radius 2 is 1.86 bits per heavy atom. The van der Waals surface area contributed by atoms with Gasteiger partial charge in [0.2, 0.25) is 0 Å². The highest BCUT2D eigenvalue weighted by atomic mass is 19.1. The Hall–Kier alpha value is -2.83. The van der Waals surface area contributed by atoms with Gasteiger partial charge >= 0.3 is 5.97 Å².